The molecule has 2 aliphatic rings. The number of aliphatic hydroxyl groups is 2. The van der Waals surface area contributed by atoms with Crippen molar-refractivity contribution >= 4 is 11.8 Å². The van der Waals surface area contributed by atoms with Crippen molar-refractivity contribution in [3.63, 3.8) is 0 Å². The van der Waals surface area contributed by atoms with Gasteiger partial charge in [-0.1, -0.05) is 0 Å². The molecule has 0 aromatic heterocycles. The second kappa shape index (κ2) is 5.24. The molecule has 2 heterocycles. The van der Waals surface area contributed by atoms with Gasteiger partial charge in [-0.15, -0.1) is 0 Å². The summed E-state index contributed by atoms with van der Waals surface area (Å²) in [6.45, 7) is 3.06. The van der Waals surface area contributed by atoms with Crippen LogP contribution in [0.5, 0.6) is 0 Å². The number of hydrogen-bond acceptors (Lipinski definition) is 4. The van der Waals surface area contributed by atoms with E-state index in [0.29, 0.717) is 13.1 Å². The van der Waals surface area contributed by atoms with E-state index in [-0.39, 0.29) is 30.8 Å². The maximum atomic E-state index is 12.2. The molecule has 2 aliphatic heterocycles. The number of hydrogen-bond donors (Lipinski definition) is 2. The zero-order chi connectivity index (χ0) is 13.3. The molecule has 0 spiro atoms. The molecule has 0 aliphatic carbocycles. The SMILES string of the molecule is CC(=O)N1CCCC(C(=O)N2C[C@@H](O)[C@@H](O)C2)C1. The third kappa shape index (κ3) is 2.64. The lowest BCUT2D eigenvalue weighted by molar-refractivity contribution is -0.139. The van der Waals surface area contributed by atoms with Gasteiger partial charge in [-0.25, -0.2) is 0 Å². The maximum absolute atomic E-state index is 12.2. The van der Waals surface area contributed by atoms with Crippen LogP contribution in [0.15, 0.2) is 0 Å². The number of piperidine rings is 1. The lowest BCUT2D eigenvalue weighted by Gasteiger charge is -2.33. The highest BCUT2D eigenvalue weighted by molar-refractivity contribution is 5.81. The van der Waals surface area contributed by atoms with Crippen LogP contribution in [0.25, 0.3) is 0 Å². The Morgan fingerprint density at radius 1 is 1.06 bits per heavy atom. The van der Waals surface area contributed by atoms with Crippen molar-refractivity contribution < 1.29 is 19.8 Å². The molecule has 2 N–H and O–H groups in total. The van der Waals surface area contributed by atoms with Gasteiger partial charge in [0, 0.05) is 33.1 Å². The summed E-state index contributed by atoms with van der Waals surface area (Å²) in [5.41, 5.74) is 0. The molecule has 6 heteroatoms. The van der Waals surface area contributed by atoms with E-state index >= 15 is 0 Å². The van der Waals surface area contributed by atoms with Crippen LogP contribution in [-0.2, 0) is 9.59 Å². The smallest absolute Gasteiger partial charge is 0.227 e. The van der Waals surface area contributed by atoms with E-state index in [0.717, 1.165) is 12.8 Å². The molecule has 0 aromatic rings. The van der Waals surface area contributed by atoms with Crippen molar-refractivity contribution in [2.24, 2.45) is 5.92 Å². The third-order valence-electron chi connectivity index (χ3n) is 3.79. The standard InChI is InChI=1S/C12H20N2O4/c1-8(15)13-4-2-3-9(5-13)12(18)14-6-10(16)11(17)7-14/h9-11,16-17H,2-7H2,1H3/t9?,10-,11+. The molecule has 2 saturated heterocycles. The first-order valence-corrected chi connectivity index (χ1v) is 6.39. The minimum absolute atomic E-state index is 0.00556. The third-order valence-corrected chi connectivity index (χ3v) is 3.79. The summed E-state index contributed by atoms with van der Waals surface area (Å²) in [7, 11) is 0. The number of carbonyl (C=O) groups excluding carboxylic acids is 2. The monoisotopic (exact) mass is 256 g/mol. The van der Waals surface area contributed by atoms with Gasteiger partial charge in [-0.05, 0) is 12.8 Å². The molecular formula is C12H20N2O4. The molecule has 0 bridgehead atoms. The second-order valence-corrected chi connectivity index (χ2v) is 5.18. The van der Waals surface area contributed by atoms with E-state index in [1.807, 2.05) is 0 Å². The number of aliphatic hydroxyl groups excluding tert-OH is 2. The van der Waals surface area contributed by atoms with Crippen molar-refractivity contribution in [2.75, 3.05) is 26.2 Å². The second-order valence-electron chi connectivity index (χ2n) is 5.18. The number of nitrogens with zero attached hydrogens (tertiary/aromatic N) is 2. The highest BCUT2D eigenvalue weighted by atomic mass is 16.3. The number of rotatable bonds is 1. The van der Waals surface area contributed by atoms with E-state index in [9.17, 15) is 19.8 Å². The minimum Gasteiger partial charge on any atom is -0.388 e. The molecule has 2 amide bonds. The molecule has 0 saturated carbocycles. The molecule has 3 atom stereocenters. The van der Waals surface area contributed by atoms with E-state index in [1.54, 1.807) is 4.90 Å². The first-order valence-electron chi connectivity index (χ1n) is 6.39. The van der Waals surface area contributed by atoms with Gasteiger partial charge < -0.3 is 20.0 Å². The minimum atomic E-state index is -0.846. The van der Waals surface area contributed by atoms with Crippen LogP contribution >= 0.6 is 0 Å². The van der Waals surface area contributed by atoms with Crippen LogP contribution < -0.4 is 0 Å². The van der Waals surface area contributed by atoms with Gasteiger partial charge in [-0.2, -0.15) is 0 Å². The number of amides is 2. The van der Waals surface area contributed by atoms with Gasteiger partial charge >= 0.3 is 0 Å². The number of carbonyl (C=O) groups is 2. The maximum Gasteiger partial charge on any atom is 0.227 e. The Balaban J connectivity index is 1.95. The predicted molar refractivity (Wildman–Crippen MR) is 63.6 cm³/mol. The molecule has 102 valence electrons. The van der Waals surface area contributed by atoms with Gasteiger partial charge in [0.1, 0.15) is 0 Å². The largest absolute Gasteiger partial charge is 0.388 e. The molecule has 0 aromatic carbocycles. The van der Waals surface area contributed by atoms with Crippen molar-refractivity contribution in [1.82, 2.24) is 9.80 Å². The summed E-state index contributed by atoms with van der Waals surface area (Å²) < 4.78 is 0. The van der Waals surface area contributed by atoms with Gasteiger partial charge in [-0.3, -0.25) is 9.59 Å². The molecule has 6 nitrogen and oxygen atoms in total. The lowest BCUT2D eigenvalue weighted by Crippen LogP contribution is -2.45. The fourth-order valence-corrected chi connectivity index (χ4v) is 2.67. The van der Waals surface area contributed by atoms with Crippen LogP contribution in [0.3, 0.4) is 0 Å². The summed E-state index contributed by atoms with van der Waals surface area (Å²) >= 11 is 0. The normalized spacial score (nSPS) is 32.7. The van der Waals surface area contributed by atoms with Gasteiger partial charge in [0.25, 0.3) is 0 Å². The van der Waals surface area contributed by atoms with Crippen molar-refractivity contribution in [3.05, 3.63) is 0 Å². The molecule has 1 unspecified atom stereocenters. The van der Waals surface area contributed by atoms with E-state index in [4.69, 9.17) is 0 Å². The van der Waals surface area contributed by atoms with Gasteiger partial charge in [0.2, 0.25) is 11.8 Å². The summed E-state index contributed by atoms with van der Waals surface area (Å²) in [6, 6.07) is 0. The first kappa shape index (κ1) is 13.3. The van der Waals surface area contributed by atoms with Crippen LogP contribution in [0.2, 0.25) is 0 Å². The van der Waals surface area contributed by atoms with Crippen LogP contribution in [-0.4, -0.2) is 70.2 Å². The highest BCUT2D eigenvalue weighted by Gasteiger charge is 2.37. The zero-order valence-corrected chi connectivity index (χ0v) is 10.6. The first-order chi connectivity index (χ1) is 8.49. The zero-order valence-electron chi connectivity index (χ0n) is 10.6. The average Bonchev–Trinajstić information content (AvgIpc) is 2.69. The van der Waals surface area contributed by atoms with E-state index < -0.39 is 12.2 Å². The Kier molecular flexibility index (Phi) is 3.87. The van der Waals surface area contributed by atoms with Crippen LogP contribution in [0.4, 0.5) is 0 Å². The molecular weight excluding hydrogens is 236 g/mol. The topological polar surface area (TPSA) is 81.1 Å². The fourth-order valence-electron chi connectivity index (χ4n) is 2.67. The Bertz CT molecular complexity index is 337. The van der Waals surface area contributed by atoms with Crippen molar-refractivity contribution in [1.29, 1.82) is 0 Å². The van der Waals surface area contributed by atoms with Crippen LogP contribution in [0.1, 0.15) is 19.8 Å². The average molecular weight is 256 g/mol. The summed E-state index contributed by atoms with van der Waals surface area (Å²) in [4.78, 5) is 26.7. The quantitative estimate of drug-likeness (QED) is 0.618. The Morgan fingerprint density at radius 2 is 1.67 bits per heavy atom. The number of β-amino-alcohol motifs (C(OH)–C–C–N with tert-alkyl or cyclic N) is 2. The van der Waals surface area contributed by atoms with E-state index in [1.165, 1.54) is 11.8 Å². The molecule has 2 fully saturated rings. The predicted octanol–water partition coefficient (Wildman–Crippen LogP) is -1.19. The Hall–Kier alpha value is -1.14. The summed E-state index contributed by atoms with van der Waals surface area (Å²) in [5, 5.41) is 18.9. The molecule has 0 radical (unpaired) electrons. The lowest BCUT2D eigenvalue weighted by atomic mass is 9.96. The number of likely N-dealkylation sites (tertiary alicyclic amines) is 2. The van der Waals surface area contributed by atoms with Crippen molar-refractivity contribution in [2.45, 2.75) is 32.0 Å². The molecule has 2 rings (SSSR count). The van der Waals surface area contributed by atoms with E-state index in [2.05, 4.69) is 0 Å². The highest BCUT2D eigenvalue weighted by Crippen LogP contribution is 2.21. The Labute approximate surface area is 106 Å². The van der Waals surface area contributed by atoms with Gasteiger partial charge in [0.05, 0.1) is 18.1 Å². The Morgan fingerprint density at radius 3 is 2.22 bits per heavy atom. The van der Waals surface area contributed by atoms with Crippen molar-refractivity contribution in [3.8, 4) is 0 Å². The molecule has 18 heavy (non-hydrogen) atoms. The summed E-state index contributed by atoms with van der Waals surface area (Å²) in [5.74, 6) is -0.259. The summed E-state index contributed by atoms with van der Waals surface area (Å²) in [6.07, 6.45) is -0.0943. The fraction of sp³-hybridized carbons (Fsp3) is 0.833. The van der Waals surface area contributed by atoms with Crippen LogP contribution in [0, 0.1) is 5.92 Å². The van der Waals surface area contributed by atoms with Gasteiger partial charge in [0.15, 0.2) is 0 Å².